The van der Waals surface area contributed by atoms with Gasteiger partial charge in [-0.2, -0.15) is 0 Å². The molecule has 0 bridgehead atoms. The van der Waals surface area contributed by atoms with Crippen molar-refractivity contribution in [3.63, 3.8) is 0 Å². The van der Waals surface area contributed by atoms with E-state index in [2.05, 4.69) is 29.2 Å². The topological polar surface area (TPSA) is 50.4 Å². The molecule has 1 heterocycles. The van der Waals surface area contributed by atoms with Gasteiger partial charge in [0.25, 0.3) is 6.47 Å². The molecule has 1 aliphatic heterocycles. The maximum absolute atomic E-state index is 9.60. The van der Waals surface area contributed by atoms with Gasteiger partial charge in [0.15, 0.2) is 0 Å². The van der Waals surface area contributed by atoms with E-state index in [9.17, 15) is 4.79 Å². The van der Waals surface area contributed by atoms with Crippen molar-refractivity contribution < 1.29 is 9.53 Å². The van der Waals surface area contributed by atoms with Crippen LogP contribution in [0, 0.1) is 0 Å². The fourth-order valence-electron chi connectivity index (χ4n) is 1.10. The summed E-state index contributed by atoms with van der Waals surface area (Å²) < 4.78 is 4.55. The molecule has 0 saturated carbocycles. The fraction of sp³-hybridized carbons (Fsp3) is 0.909. The molecule has 90 valence electrons. The van der Waals surface area contributed by atoms with E-state index in [1.165, 1.54) is 0 Å². The van der Waals surface area contributed by atoms with Crippen molar-refractivity contribution in [3.05, 3.63) is 0 Å². The molecule has 0 atom stereocenters. The summed E-state index contributed by atoms with van der Waals surface area (Å²) in [6, 6.07) is 0. The molecule has 0 aliphatic carbocycles. The summed E-state index contributed by atoms with van der Waals surface area (Å²) >= 11 is 0. The molecule has 1 fully saturated rings. The first-order chi connectivity index (χ1) is 6.77. The van der Waals surface area contributed by atoms with E-state index in [0.717, 1.165) is 19.6 Å². The van der Waals surface area contributed by atoms with E-state index in [1.807, 2.05) is 20.8 Å². The van der Waals surface area contributed by atoms with Crippen LogP contribution in [0.5, 0.6) is 0 Å². The maximum Gasteiger partial charge on any atom is 0.293 e. The Morgan fingerprint density at radius 1 is 1.27 bits per heavy atom. The van der Waals surface area contributed by atoms with Crippen LogP contribution in [0.2, 0.25) is 0 Å². The van der Waals surface area contributed by atoms with Gasteiger partial charge in [0.1, 0.15) is 5.60 Å². The number of hydrogen-bond acceptors (Lipinski definition) is 4. The molecule has 0 radical (unpaired) electrons. The standard InChI is InChI=1S/C6H14N2.C5H10O2/c1-6(2)5-7-3-4-8-6;1-5(2,3)7-4-6/h7-8H,3-5H2,1-2H3;4H,1-3H3. The fourth-order valence-corrected chi connectivity index (χ4v) is 1.10. The molecule has 4 heteroatoms. The summed E-state index contributed by atoms with van der Waals surface area (Å²) in [5, 5.41) is 6.71. The van der Waals surface area contributed by atoms with E-state index >= 15 is 0 Å². The second kappa shape index (κ2) is 6.08. The number of carbonyl (C=O) groups excluding carboxylic acids is 1. The first-order valence-corrected chi connectivity index (χ1v) is 5.34. The monoisotopic (exact) mass is 216 g/mol. The normalized spacial score (nSPS) is 19.8. The van der Waals surface area contributed by atoms with Crippen LogP contribution in [0.25, 0.3) is 0 Å². The molecular weight excluding hydrogens is 192 g/mol. The smallest absolute Gasteiger partial charge is 0.293 e. The van der Waals surface area contributed by atoms with Gasteiger partial charge in [0, 0.05) is 25.2 Å². The number of ether oxygens (including phenoxy) is 1. The SMILES string of the molecule is CC(C)(C)OC=O.CC1(C)CNCCN1. The van der Waals surface area contributed by atoms with Gasteiger partial charge in [-0.25, -0.2) is 0 Å². The van der Waals surface area contributed by atoms with Crippen molar-refractivity contribution in [1.82, 2.24) is 10.6 Å². The summed E-state index contributed by atoms with van der Waals surface area (Å²) in [6.07, 6.45) is 0. The second-order valence-corrected chi connectivity index (χ2v) is 5.31. The van der Waals surface area contributed by atoms with Crippen LogP contribution in [-0.2, 0) is 9.53 Å². The van der Waals surface area contributed by atoms with Gasteiger partial charge in [0.2, 0.25) is 0 Å². The van der Waals surface area contributed by atoms with Crippen LogP contribution in [-0.4, -0.2) is 37.2 Å². The van der Waals surface area contributed by atoms with Gasteiger partial charge in [-0.1, -0.05) is 0 Å². The molecule has 1 rings (SSSR count). The third kappa shape index (κ3) is 9.69. The highest BCUT2D eigenvalue weighted by molar-refractivity contribution is 5.37. The van der Waals surface area contributed by atoms with Crippen molar-refractivity contribution in [3.8, 4) is 0 Å². The lowest BCUT2D eigenvalue weighted by Crippen LogP contribution is -2.55. The highest BCUT2D eigenvalue weighted by Crippen LogP contribution is 2.02. The lowest BCUT2D eigenvalue weighted by molar-refractivity contribution is -0.138. The Balaban J connectivity index is 0.000000265. The zero-order valence-electron chi connectivity index (χ0n) is 10.5. The first kappa shape index (κ1) is 14.4. The average Bonchev–Trinajstić information content (AvgIpc) is 2.02. The van der Waals surface area contributed by atoms with Crippen molar-refractivity contribution in [2.75, 3.05) is 19.6 Å². The van der Waals surface area contributed by atoms with Gasteiger partial charge in [0.05, 0.1) is 0 Å². The predicted molar refractivity (Wildman–Crippen MR) is 61.9 cm³/mol. The molecule has 0 aromatic heterocycles. The minimum Gasteiger partial charge on any atom is -0.462 e. The summed E-state index contributed by atoms with van der Waals surface area (Å²) in [5.41, 5.74) is 0.000000000000000111. The molecular formula is C11H24N2O2. The van der Waals surface area contributed by atoms with E-state index < -0.39 is 0 Å². The predicted octanol–water partition coefficient (Wildman–Crippen LogP) is 0.916. The van der Waals surface area contributed by atoms with E-state index in [-0.39, 0.29) is 5.60 Å². The Morgan fingerprint density at radius 2 is 1.87 bits per heavy atom. The summed E-state index contributed by atoms with van der Waals surface area (Å²) in [4.78, 5) is 9.60. The summed E-state index contributed by atoms with van der Waals surface area (Å²) in [5.74, 6) is 0. The van der Waals surface area contributed by atoms with Gasteiger partial charge < -0.3 is 15.4 Å². The summed E-state index contributed by atoms with van der Waals surface area (Å²) in [7, 11) is 0. The van der Waals surface area contributed by atoms with Crippen LogP contribution in [0.15, 0.2) is 0 Å². The zero-order chi connectivity index (χ0) is 11.9. The Labute approximate surface area is 92.8 Å². The minimum absolute atomic E-state index is 0.318. The largest absolute Gasteiger partial charge is 0.462 e. The van der Waals surface area contributed by atoms with E-state index in [4.69, 9.17) is 0 Å². The quantitative estimate of drug-likeness (QED) is 0.640. The molecule has 15 heavy (non-hydrogen) atoms. The number of rotatable bonds is 1. The van der Waals surface area contributed by atoms with Gasteiger partial charge in [-0.05, 0) is 34.6 Å². The second-order valence-electron chi connectivity index (χ2n) is 5.31. The Morgan fingerprint density at radius 3 is 2.00 bits per heavy atom. The zero-order valence-corrected chi connectivity index (χ0v) is 10.5. The minimum atomic E-state index is -0.318. The van der Waals surface area contributed by atoms with E-state index in [1.54, 1.807) is 0 Å². The Hall–Kier alpha value is -0.610. The molecule has 0 amide bonds. The number of hydrogen-bond donors (Lipinski definition) is 2. The molecule has 1 aliphatic rings. The van der Waals surface area contributed by atoms with Crippen LogP contribution in [0.4, 0.5) is 0 Å². The van der Waals surface area contributed by atoms with Gasteiger partial charge in [-0.3, -0.25) is 4.79 Å². The third-order valence-electron chi connectivity index (χ3n) is 1.87. The van der Waals surface area contributed by atoms with Gasteiger partial charge >= 0.3 is 0 Å². The van der Waals surface area contributed by atoms with Crippen LogP contribution >= 0.6 is 0 Å². The van der Waals surface area contributed by atoms with Crippen molar-refractivity contribution in [2.45, 2.75) is 45.8 Å². The molecule has 2 N–H and O–H groups in total. The van der Waals surface area contributed by atoms with Crippen molar-refractivity contribution >= 4 is 6.47 Å². The number of nitrogens with one attached hydrogen (secondary N) is 2. The molecule has 0 aromatic rings. The molecule has 1 saturated heterocycles. The molecule has 0 aromatic carbocycles. The molecule has 4 nitrogen and oxygen atoms in total. The first-order valence-electron chi connectivity index (χ1n) is 5.34. The molecule has 0 unspecified atom stereocenters. The highest BCUT2D eigenvalue weighted by atomic mass is 16.5. The number of carbonyl (C=O) groups is 1. The average molecular weight is 216 g/mol. The Bertz CT molecular complexity index is 178. The van der Waals surface area contributed by atoms with E-state index in [0.29, 0.717) is 12.0 Å². The summed E-state index contributed by atoms with van der Waals surface area (Å²) in [6.45, 7) is 13.6. The van der Waals surface area contributed by atoms with Crippen LogP contribution < -0.4 is 10.6 Å². The van der Waals surface area contributed by atoms with Crippen LogP contribution in [0.3, 0.4) is 0 Å². The maximum atomic E-state index is 9.60. The molecule has 0 spiro atoms. The Kier molecular flexibility index (Phi) is 5.83. The third-order valence-corrected chi connectivity index (χ3v) is 1.87. The highest BCUT2D eigenvalue weighted by Gasteiger charge is 2.18. The number of piperazine rings is 1. The van der Waals surface area contributed by atoms with Crippen molar-refractivity contribution in [2.24, 2.45) is 0 Å². The lowest BCUT2D eigenvalue weighted by Gasteiger charge is -2.31. The lowest BCUT2D eigenvalue weighted by atomic mass is 10.0. The van der Waals surface area contributed by atoms with Crippen LogP contribution in [0.1, 0.15) is 34.6 Å². The van der Waals surface area contributed by atoms with Crippen molar-refractivity contribution in [1.29, 1.82) is 0 Å². The van der Waals surface area contributed by atoms with Gasteiger partial charge in [-0.15, -0.1) is 0 Å².